The topological polar surface area (TPSA) is 137 Å². The lowest BCUT2D eigenvalue weighted by atomic mass is 10.1. The Labute approximate surface area is 290 Å². The summed E-state index contributed by atoms with van der Waals surface area (Å²) in [5.41, 5.74) is 1.87. The number of nitrogens with zero attached hydrogens (tertiary/aromatic N) is 2. The molecule has 0 saturated heterocycles. The Kier molecular flexibility index (Phi) is 16.6. The molecule has 0 aliphatic carbocycles. The summed E-state index contributed by atoms with van der Waals surface area (Å²) in [7, 11) is -1.70. The number of ketones is 2. The zero-order valence-electron chi connectivity index (χ0n) is 28.5. The van der Waals surface area contributed by atoms with Crippen LogP contribution in [0.1, 0.15) is 73.5 Å². The van der Waals surface area contributed by atoms with E-state index in [2.05, 4.69) is 15.5 Å². The van der Waals surface area contributed by atoms with Crippen molar-refractivity contribution in [3.8, 4) is 5.69 Å². The Balaban J connectivity index is 1.46. The summed E-state index contributed by atoms with van der Waals surface area (Å²) in [6.45, 7) is 14.8. The fraction of sp³-hybridized carbons (Fsp3) is 0.432. The number of pyridine rings is 1. The zero-order chi connectivity index (χ0) is 35.6. The molecule has 1 unspecified atom stereocenters. The quantitative estimate of drug-likeness (QED) is 0.0794. The maximum atomic E-state index is 13.7. The number of carbonyl (C=O) groups excluding carboxylic acids is 3. The van der Waals surface area contributed by atoms with Gasteiger partial charge in [0.2, 0.25) is 0 Å². The van der Waals surface area contributed by atoms with Gasteiger partial charge in [0.1, 0.15) is 5.78 Å². The second kappa shape index (κ2) is 20.8. The summed E-state index contributed by atoms with van der Waals surface area (Å²) in [6, 6.07) is 14.9. The first-order valence-electron chi connectivity index (χ1n) is 16.6. The third kappa shape index (κ3) is 12.5. The van der Waals surface area contributed by atoms with E-state index in [1.165, 1.54) is 10.6 Å². The molecule has 0 bridgehead atoms. The molecule has 2 amide bonds. The van der Waals surface area contributed by atoms with Gasteiger partial charge in [0, 0.05) is 55.2 Å². The van der Waals surface area contributed by atoms with Gasteiger partial charge in [-0.2, -0.15) is 0 Å². The Morgan fingerprint density at radius 2 is 1.57 bits per heavy atom. The predicted octanol–water partition coefficient (Wildman–Crippen LogP) is 6.01. The third-order valence-corrected chi connectivity index (χ3v) is 9.26. The highest BCUT2D eigenvalue weighted by molar-refractivity contribution is 7.85. The molecule has 0 radical (unpaired) electrons. The molecule has 3 aromatic rings. The highest BCUT2D eigenvalue weighted by Crippen LogP contribution is 2.25. The van der Waals surface area contributed by atoms with Crippen LogP contribution in [0.4, 0.5) is 10.5 Å². The van der Waals surface area contributed by atoms with E-state index in [9.17, 15) is 23.4 Å². The standard InChI is InChI=1S/C37H46N4O7S/c1-5-31(42)13-7-6-8-19-39-37(45)40-20-22-48-24-23-47-21-10-14-34(43)33-26-35(49(46)32-17-15-29(38-4)16-18-32)28(3)41(36(33)44)30-12-9-11-27(2)25-30/h9,11-12,15-18,25-26H,5-8,10,13-14,19-24H2,1-3H3,(H2,39,40,45). The van der Waals surface area contributed by atoms with E-state index < -0.39 is 16.4 Å². The number of hydrogen-bond acceptors (Lipinski definition) is 7. The number of aryl methyl sites for hydroxylation is 1. The first kappa shape index (κ1) is 39.0. The van der Waals surface area contributed by atoms with Gasteiger partial charge in [-0.3, -0.25) is 19.0 Å². The summed E-state index contributed by atoms with van der Waals surface area (Å²) >= 11 is 0. The molecule has 1 atom stereocenters. The van der Waals surface area contributed by atoms with Crippen molar-refractivity contribution >= 4 is 34.1 Å². The Bertz CT molecular complexity index is 1700. The van der Waals surface area contributed by atoms with Gasteiger partial charge < -0.3 is 20.1 Å². The Morgan fingerprint density at radius 3 is 2.27 bits per heavy atom. The molecule has 1 aromatic heterocycles. The maximum absolute atomic E-state index is 13.7. The van der Waals surface area contributed by atoms with E-state index in [4.69, 9.17) is 16.0 Å². The van der Waals surface area contributed by atoms with Crippen molar-refractivity contribution in [2.75, 3.05) is 39.5 Å². The van der Waals surface area contributed by atoms with Crippen LogP contribution in [0.25, 0.3) is 10.5 Å². The van der Waals surface area contributed by atoms with Gasteiger partial charge >= 0.3 is 6.03 Å². The molecular weight excluding hydrogens is 644 g/mol. The van der Waals surface area contributed by atoms with Crippen LogP contribution in [-0.2, 0) is 25.1 Å². The number of Topliss-reactive ketones (excluding diaryl/α,β-unsaturated/α-hetero) is 2. The number of aromatic nitrogens is 1. The van der Waals surface area contributed by atoms with Gasteiger partial charge in [0.25, 0.3) is 5.56 Å². The van der Waals surface area contributed by atoms with Crippen molar-refractivity contribution in [2.45, 2.75) is 75.5 Å². The number of ether oxygens (including phenoxy) is 2. The van der Waals surface area contributed by atoms with Crippen molar-refractivity contribution in [3.05, 3.63) is 93.2 Å². The molecule has 0 spiro atoms. The van der Waals surface area contributed by atoms with Gasteiger partial charge in [0.15, 0.2) is 11.5 Å². The molecule has 0 aliphatic heterocycles. The minimum Gasteiger partial charge on any atom is -0.379 e. The van der Waals surface area contributed by atoms with Crippen LogP contribution in [0.5, 0.6) is 0 Å². The highest BCUT2D eigenvalue weighted by atomic mass is 32.2. The number of hydrogen-bond donors (Lipinski definition) is 2. The zero-order valence-corrected chi connectivity index (χ0v) is 29.4. The third-order valence-electron chi connectivity index (χ3n) is 7.75. The second-order valence-electron chi connectivity index (χ2n) is 11.5. The van der Waals surface area contributed by atoms with Gasteiger partial charge in [-0.15, -0.1) is 0 Å². The van der Waals surface area contributed by atoms with Crippen molar-refractivity contribution in [2.24, 2.45) is 0 Å². The summed E-state index contributed by atoms with van der Waals surface area (Å²) in [4.78, 5) is 54.4. The van der Waals surface area contributed by atoms with Crippen LogP contribution in [0, 0.1) is 20.4 Å². The Hall–Kier alpha value is -4.44. The van der Waals surface area contributed by atoms with Crippen molar-refractivity contribution < 1.29 is 28.1 Å². The number of amides is 2. The van der Waals surface area contributed by atoms with Crippen LogP contribution < -0.4 is 16.2 Å². The van der Waals surface area contributed by atoms with E-state index in [-0.39, 0.29) is 36.2 Å². The van der Waals surface area contributed by atoms with Crippen molar-refractivity contribution in [1.29, 1.82) is 0 Å². The van der Waals surface area contributed by atoms with Gasteiger partial charge in [-0.25, -0.2) is 13.8 Å². The Morgan fingerprint density at radius 1 is 0.857 bits per heavy atom. The number of unbranched alkanes of at least 4 members (excludes halogenated alkanes) is 2. The first-order valence-corrected chi connectivity index (χ1v) is 17.8. The molecule has 262 valence electrons. The molecular formula is C37H46N4O7S. The van der Waals surface area contributed by atoms with Crippen molar-refractivity contribution in [1.82, 2.24) is 15.2 Å². The molecule has 49 heavy (non-hydrogen) atoms. The molecule has 2 aromatic carbocycles. The van der Waals surface area contributed by atoms with E-state index in [1.54, 1.807) is 37.3 Å². The average Bonchev–Trinajstić information content (AvgIpc) is 3.10. The first-order chi connectivity index (χ1) is 23.7. The SMILES string of the molecule is [C-]#[N+]c1ccc(S(=O)c2cc(C(=O)CCCOCCOCCNC(=O)NCCCCCC(=O)CC)c(=O)n(-c3cccc(C)c3)c2C)cc1. The molecule has 12 heteroatoms. The van der Waals surface area contributed by atoms with Gasteiger partial charge in [0.05, 0.1) is 47.7 Å². The summed E-state index contributed by atoms with van der Waals surface area (Å²) in [5, 5.41) is 5.51. The lowest BCUT2D eigenvalue weighted by molar-refractivity contribution is -0.118. The van der Waals surface area contributed by atoms with Crippen molar-refractivity contribution in [3.63, 3.8) is 0 Å². The van der Waals surface area contributed by atoms with E-state index >= 15 is 0 Å². The van der Waals surface area contributed by atoms with E-state index in [0.717, 1.165) is 24.8 Å². The minimum atomic E-state index is -1.70. The van der Waals surface area contributed by atoms with Crippen LogP contribution >= 0.6 is 0 Å². The van der Waals surface area contributed by atoms with Crippen LogP contribution in [0.2, 0.25) is 0 Å². The number of carbonyl (C=O) groups is 3. The highest BCUT2D eigenvalue weighted by Gasteiger charge is 2.22. The van der Waals surface area contributed by atoms with Crippen LogP contribution in [0.15, 0.2) is 69.2 Å². The predicted molar refractivity (Wildman–Crippen MR) is 189 cm³/mol. The second-order valence-corrected chi connectivity index (χ2v) is 12.9. The lowest BCUT2D eigenvalue weighted by Crippen LogP contribution is -2.37. The number of benzene rings is 2. The van der Waals surface area contributed by atoms with E-state index in [0.29, 0.717) is 79.0 Å². The van der Waals surface area contributed by atoms with Gasteiger partial charge in [-0.05, 0) is 56.9 Å². The number of urea groups is 1. The van der Waals surface area contributed by atoms with E-state index in [1.807, 2.05) is 32.0 Å². The molecule has 0 aliphatic rings. The molecule has 11 nitrogen and oxygen atoms in total. The summed E-state index contributed by atoms with van der Waals surface area (Å²) < 4.78 is 26.2. The lowest BCUT2D eigenvalue weighted by Gasteiger charge is -2.17. The molecule has 2 N–H and O–H groups in total. The summed E-state index contributed by atoms with van der Waals surface area (Å²) in [5.74, 6) is -0.104. The van der Waals surface area contributed by atoms with Crippen LogP contribution in [-0.4, -0.2) is 65.9 Å². The molecule has 1 heterocycles. The fourth-order valence-electron chi connectivity index (χ4n) is 5.01. The normalized spacial score (nSPS) is 11.5. The molecule has 3 rings (SSSR count). The maximum Gasteiger partial charge on any atom is 0.314 e. The minimum absolute atomic E-state index is 0.0448. The summed E-state index contributed by atoms with van der Waals surface area (Å²) in [6.07, 6.45) is 4.18. The molecule has 0 saturated carbocycles. The number of nitrogens with one attached hydrogen (secondary N) is 2. The largest absolute Gasteiger partial charge is 0.379 e. The molecule has 0 fully saturated rings. The average molecular weight is 691 g/mol. The number of rotatable bonds is 21. The smallest absolute Gasteiger partial charge is 0.314 e. The monoisotopic (exact) mass is 690 g/mol. The van der Waals surface area contributed by atoms with Gasteiger partial charge in [-0.1, -0.05) is 49.7 Å². The fourth-order valence-corrected chi connectivity index (χ4v) is 6.23. The van der Waals surface area contributed by atoms with Crippen LogP contribution in [0.3, 0.4) is 0 Å².